The molecule has 0 saturated carbocycles. The molecule has 0 unspecified atom stereocenters. The Labute approximate surface area is 165 Å². The first-order valence-corrected chi connectivity index (χ1v) is 8.29. The molecule has 30 heavy (non-hydrogen) atoms. The summed E-state index contributed by atoms with van der Waals surface area (Å²) in [5.41, 5.74) is -4.18. The fraction of sp³-hybridized carbons (Fsp3) is 0.105. The van der Waals surface area contributed by atoms with E-state index in [0.717, 1.165) is 12.3 Å². The smallest absolute Gasteiger partial charge is 0.419 e. The maximum atomic E-state index is 13.4. The average Bonchev–Trinajstić information content (AvgIpc) is 2.69. The molecule has 1 amide bonds. The number of carbonyl (C=O) groups is 1. The van der Waals surface area contributed by atoms with Gasteiger partial charge in [0.25, 0.3) is 11.5 Å². The van der Waals surface area contributed by atoms with Crippen molar-refractivity contribution in [3.05, 3.63) is 86.4 Å². The van der Waals surface area contributed by atoms with Crippen LogP contribution in [-0.4, -0.2) is 22.6 Å². The normalized spacial score (nSPS) is 11.2. The Morgan fingerprint density at radius 2 is 1.77 bits per heavy atom. The number of nitrogens with one attached hydrogen (secondary N) is 2. The first-order chi connectivity index (χ1) is 14.1. The van der Waals surface area contributed by atoms with E-state index in [1.807, 2.05) is 0 Å². The van der Waals surface area contributed by atoms with Crippen molar-refractivity contribution in [3.8, 4) is 11.4 Å². The van der Waals surface area contributed by atoms with E-state index in [1.54, 1.807) is 0 Å². The molecule has 2 aromatic carbocycles. The Morgan fingerprint density at radius 1 is 1.10 bits per heavy atom. The van der Waals surface area contributed by atoms with Crippen LogP contribution in [0.5, 0.6) is 5.75 Å². The summed E-state index contributed by atoms with van der Waals surface area (Å²) in [4.78, 5) is 39.4. The van der Waals surface area contributed by atoms with Crippen LogP contribution in [0.3, 0.4) is 0 Å². The summed E-state index contributed by atoms with van der Waals surface area (Å²) in [5, 5.41) is 2.09. The number of ether oxygens (including phenoxy) is 1. The molecule has 0 saturated heterocycles. The predicted molar refractivity (Wildman–Crippen MR) is 98.6 cm³/mol. The van der Waals surface area contributed by atoms with Crippen LogP contribution in [0.4, 0.5) is 23.2 Å². The Hall–Kier alpha value is -3.89. The van der Waals surface area contributed by atoms with Gasteiger partial charge in [-0.25, -0.2) is 13.8 Å². The van der Waals surface area contributed by atoms with Gasteiger partial charge >= 0.3 is 11.9 Å². The Balaban J connectivity index is 1.98. The zero-order valence-electron chi connectivity index (χ0n) is 15.2. The molecule has 3 aromatic rings. The van der Waals surface area contributed by atoms with Crippen molar-refractivity contribution >= 4 is 11.6 Å². The summed E-state index contributed by atoms with van der Waals surface area (Å²) in [6.45, 7) is 0. The van der Waals surface area contributed by atoms with Crippen molar-refractivity contribution < 1.29 is 27.1 Å². The van der Waals surface area contributed by atoms with Crippen LogP contribution in [0.1, 0.15) is 15.9 Å². The van der Waals surface area contributed by atoms with Crippen LogP contribution in [0.2, 0.25) is 0 Å². The van der Waals surface area contributed by atoms with E-state index < -0.39 is 40.3 Å². The number of anilines is 1. The molecule has 0 aliphatic heterocycles. The van der Waals surface area contributed by atoms with Crippen LogP contribution in [0.25, 0.3) is 5.69 Å². The molecule has 0 fully saturated rings. The molecule has 2 N–H and O–H groups in total. The minimum absolute atomic E-state index is 0.137. The Morgan fingerprint density at radius 3 is 2.37 bits per heavy atom. The molecule has 1 aromatic heterocycles. The second kappa shape index (κ2) is 7.85. The number of amides is 1. The van der Waals surface area contributed by atoms with Gasteiger partial charge in [0.15, 0.2) is 0 Å². The maximum Gasteiger partial charge on any atom is 0.419 e. The number of aromatic amines is 1. The topological polar surface area (TPSA) is 93.2 Å². The first kappa shape index (κ1) is 20.8. The number of rotatable bonds is 4. The molecule has 0 bridgehead atoms. The summed E-state index contributed by atoms with van der Waals surface area (Å²) in [7, 11) is 1.43. The van der Waals surface area contributed by atoms with Crippen LogP contribution >= 0.6 is 0 Å². The molecule has 11 heteroatoms. The molecule has 1 heterocycles. The van der Waals surface area contributed by atoms with Gasteiger partial charge in [-0.2, -0.15) is 13.2 Å². The molecule has 3 rings (SSSR count). The maximum absolute atomic E-state index is 13.4. The fourth-order valence-corrected chi connectivity index (χ4v) is 2.62. The van der Waals surface area contributed by atoms with Crippen molar-refractivity contribution in [2.24, 2.45) is 0 Å². The summed E-state index contributed by atoms with van der Waals surface area (Å²) in [5.74, 6) is -2.13. The molecule has 0 aliphatic rings. The lowest BCUT2D eigenvalue weighted by molar-refractivity contribution is -0.139. The van der Waals surface area contributed by atoms with Crippen LogP contribution in [-0.2, 0) is 6.18 Å². The number of H-pyrrole nitrogens is 1. The SMILES string of the molecule is COc1ccc(-n2c(=O)[nH]cc(C(=O)Nc3ccc(F)c(C(F)(F)F)c3)c2=O)cc1. The number of methoxy groups -OCH3 is 1. The van der Waals surface area contributed by atoms with Gasteiger partial charge in [-0.1, -0.05) is 0 Å². The number of hydrogen-bond donors (Lipinski definition) is 2. The summed E-state index contributed by atoms with van der Waals surface area (Å²) >= 11 is 0. The number of aromatic nitrogens is 2. The van der Waals surface area contributed by atoms with Gasteiger partial charge in [0.05, 0.1) is 18.4 Å². The van der Waals surface area contributed by atoms with E-state index >= 15 is 0 Å². The minimum Gasteiger partial charge on any atom is -0.497 e. The van der Waals surface area contributed by atoms with Crippen molar-refractivity contribution in [3.63, 3.8) is 0 Å². The van der Waals surface area contributed by atoms with Crippen LogP contribution in [0.15, 0.2) is 58.3 Å². The van der Waals surface area contributed by atoms with E-state index in [1.165, 1.54) is 31.4 Å². The second-order valence-corrected chi connectivity index (χ2v) is 5.99. The van der Waals surface area contributed by atoms with Gasteiger partial charge in [-0.05, 0) is 42.5 Å². The summed E-state index contributed by atoms with van der Waals surface area (Å²) in [6, 6.07) is 7.66. The van der Waals surface area contributed by atoms with Gasteiger partial charge < -0.3 is 15.0 Å². The molecule has 7 nitrogen and oxygen atoms in total. The van der Waals surface area contributed by atoms with Crippen LogP contribution < -0.4 is 21.3 Å². The zero-order valence-corrected chi connectivity index (χ0v) is 15.2. The molecule has 0 aliphatic carbocycles. The molecule has 0 atom stereocenters. The highest BCUT2D eigenvalue weighted by molar-refractivity contribution is 6.03. The average molecular weight is 423 g/mol. The molecule has 0 spiro atoms. The van der Waals surface area contributed by atoms with Gasteiger partial charge in [0.2, 0.25) is 0 Å². The molecular weight excluding hydrogens is 410 g/mol. The second-order valence-electron chi connectivity index (χ2n) is 5.99. The number of halogens is 4. The standard InChI is InChI=1S/C19H13F4N3O4/c1-30-12-5-3-11(4-6-12)26-17(28)13(9-24-18(26)29)16(27)25-10-2-7-15(20)14(8-10)19(21,22)23/h2-9H,1H3,(H,24,29)(H,25,27). The molecule has 156 valence electrons. The number of benzene rings is 2. The number of nitrogens with zero attached hydrogens (tertiary/aromatic N) is 1. The van der Waals surface area contributed by atoms with Gasteiger partial charge in [0.1, 0.15) is 17.1 Å². The third-order valence-electron chi connectivity index (χ3n) is 4.08. The fourth-order valence-electron chi connectivity index (χ4n) is 2.62. The lowest BCUT2D eigenvalue weighted by Crippen LogP contribution is -2.38. The monoisotopic (exact) mass is 423 g/mol. The summed E-state index contributed by atoms with van der Waals surface area (Å²) < 4.78 is 57.6. The minimum atomic E-state index is -4.97. The first-order valence-electron chi connectivity index (χ1n) is 8.29. The van der Waals surface area contributed by atoms with Gasteiger partial charge in [0, 0.05) is 11.9 Å². The van der Waals surface area contributed by atoms with Crippen molar-refractivity contribution in [1.29, 1.82) is 0 Å². The van der Waals surface area contributed by atoms with E-state index in [2.05, 4.69) is 10.3 Å². The number of carbonyl (C=O) groups excluding carboxylic acids is 1. The highest BCUT2D eigenvalue weighted by Crippen LogP contribution is 2.33. The van der Waals surface area contributed by atoms with Gasteiger partial charge in [-0.3, -0.25) is 9.59 Å². The van der Waals surface area contributed by atoms with E-state index in [9.17, 15) is 31.9 Å². The van der Waals surface area contributed by atoms with E-state index in [4.69, 9.17) is 4.74 Å². The number of hydrogen-bond acceptors (Lipinski definition) is 4. The third-order valence-corrected chi connectivity index (χ3v) is 4.08. The molecular formula is C19H13F4N3O4. The number of alkyl halides is 3. The largest absolute Gasteiger partial charge is 0.497 e. The highest BCUT2D eigenvalue weighted by atomic mass is 19.4. The summed E-state index contributed by atoms with van der Waals surface area (Å²) in [6.07, 6.45) is -4.13. The van der Waals surface area contributed by atoms with E-state index in [-0.39, 0.29) is 11.4 Å². The van der Waals surface area contributed by atoms with Crippen molar-refractivity contribution in [2.75, 3.05) is 12.4 Å². The molecule has 0 radical (unpaired) electrons. The van der Waals surface area contributed by atoms with Gasteiger partial charge in [-0.15, -0.1) is 0 Å². The zero-order chi connectivity index (χ0) is 22.1. The van der Waals surface area contributed by atoms with Crippen molar-refractivity contribution in [2.45, 2.75) is 6.18 Å². The van der Waals surface area contributed by atoms with Crippen LogP contribution in [0, 0.1) is 5.82 Å². The van der Waals surface area contributed by atoms with Crippen molar-refractivity contribution in [1.82, 2.24) is 9.55 Å². The van der Waals surface area contributed by atoms with E-state index in [0.29, 0.717) is 22.4 Å². The third kappa shape index (κ3) is 4.09. The highest BCUT2D eigenvalue weighted by Gasteiger charge is 2.34. The lowest BCUT2D eigenvalue weighted by atomic mass is 10.1. The predicted octanol–water partition coefficient (Wildman–Crippen LogP) is 2.94. The quantitative estimate of drug-likeness (QED) is 0.631. The Kier molecular flexibility index (Phi) is 5.45. The lowest BCUT2D eigenvalue weighted by Gasteiger charge is -2.11. The Bertz CT molecular complexity index is 1210.